The summed E-state index contributed by atoms with van der Waals surface area (Å²) in [6.07, 6.45) is 1.13. The Hall–Kier alpha value is -4.93. The van der Waals surface area contributed by atoms with Crippen molar-refractivity contribution in [2.75, 3.05) is 46.9 Å². The highest BCUT2D eigenvalue weighted by atomic mass is 16.5. The molecular weight excluding hydrogens is 590 g/mol. The van der Waals surface area contributed by atoms with Crippen molar-refractivity contribution in [1.29, 1.82) is 0 Å². The SMILES string of the molecule is COc1ccccc1OCCNC(=O)[C@@H](Nc1ccc2c(cc1=O)[C@@H](NC(C)=O)CCc1cc(OC)c(OC)c(OC)c1-2)C(C)C. The summed E-state index contributed by atoms with van der Waals surface area (Å²) in [7, 11) is 6.22. The van der Waals surface area contributed by atoms with Gasteiger partial charge in [0.2, 0.25) is 23.0 Å². The van der Waals surface area contributed by atoms with Crippen molar-refractivity contribution in [3.8, 4) is 39.9 Å². The zero-order valence-corrected chi connectivity index (χ0v) is 27.4. The molecule has 0 bridgehead atoms. The summed E-state index contributed by atoms with van der Waals surface area (Å²) in [4.78, 5) is 39.3. The van der Waals surface area contributed by atoms with Gasteiger partial charge in [-0.3, -0.25) is 14.4 Å². The minimum atomic E-state index is -0.710. The number of fused-ring (bicyclic) bond motifs is 3. The molecule has 4 rings (SSSR count). The number of hydrogen-bond donors (Lipinski definition) is 3. The van der Waals surface area contributed by atoms with E-state index in [1.807, 2.05) is 38.1 Å². The maximum absolute atomic E-state index is 13.8. The van der Waals surface area contributed by atoms with Gasteiger partial charge in [0.05, 0.1) is 46.7 Å². The predicted octanol–water partition coefficient (Wildman–Crippen LogP) is 4.50. The fourth-order valence-corrected chi connectivity index (χ4v) is 5.71. The van der Waals surface area contributed by atoms with Crippen LogP contribution in [0.15, 0.2) is 53.3 Å². The second-order valence-corrected chi connectivity index (χ2v) is 11.3. The maximum atomic E-state index is 13.8. The van der Waals surface area contributed by atoms with Crippen LogP contribution in [0.3, 0.4) is 0 Å². The molecule has 0 fully saturated rings. The summed E-state index contributed by atoms with van der Waals surface area (Å²) < 4.78 is 28.2. The molecule has 1 aliphatic carbocycles. The highest BCUT2D eigenvalue weighted by Gasteiger charge is 2.30. The number of amides is 2. The Morgan fingerprint density at radius 1 is 0.891 bits per heavy atom. The van der Waals surface area contributed by atoms with Crippen LogP contribution in [0.4, 0.5) is 5.69 Å². The Morgan fingerprint density at radius 3 is 2.22 bits per heavy atom. The molecule has 0 spiro atoms. The Kier molecular flexibility index (Phi) is 11.3. The number of carbonyl (C=O) groups excluding carboxylic acids is 2. The fourth-order valence-electron chi connectivity index (χ4n) is 5.71. The molecule has 11 heteroatoms. The monoisotopic (exact) mass is 633 g/mol. The van der Waals surface area contributed by atoms with E-state index in [1.165, 1.54) is 20.1 Å². The summed E-state index contributed by atoms with van der Waals surface area (Å²) in [5, 5.41) is 9.09. The third-order valence-electron chi connectivity index (χ3n) is 7.90. The van der Waals surface area contributed by atoms with Gasteiger partial charge in [-0.1, -0.05) is 32.0 Å². The molecule has 3 aromatic rings. The third-order valence-corrected chi connectivity index (χ3v) is 7.90. The van der Waals surface area contributed by atoms with Crippen LogP contribution in [0.1, 0.15) is 44.4 Å². The number of benzene rings is 2. The van der Waals surface area contributed by atoms with Crippen molar-refractivity contribution in [2.24, 2.45) is 5.92 Å². The summed E-state index contributed by atoms with van der Waals surface area (Å²) in [6.45, 7) is 5.74. The van der Waals surface area contributed by atoms with Crippen molar-refractivity contribution < 1.29 is 33.3 Å². The number of aryl methyl sites for hydroxylation is 1. The van der Waals surface area contributed by atoms with E-state index in [0.717, 1.165) is 11.1 Å². The lowest BCUT2D eigenvalue weighted by molar-refractivity contribution is -0.123. The maximum Gasteiger partial charge on any atom is 0.242 e. The van der Waals surface area contributed by atoms with E-state index in [9.17, 15) is 14.4 Å². The number of rotatable bonds is 13. The van der Waals surface area contributed by atoms with E-state index in [-0.39, 0.29) is 42.0 Å². The van der Waals surface area contributed by atoms with Crippen LogP contribution in [0, 0.1) is 5.92 Å². The number of methoxy groups -OCH3 is 4. The second kappa shape index (κ2) is 15.4. The summed E-state index contributed by atoms with van der Waals surface area (Å²) in [6, 6.07) is 13.1. The van der Waals surface area contributed by atoms with Gasteiger partial charge in [-0.05, 0) is 65.8 Å². The van der Waals surface area contributed by atoms with Crippen LogP contribution in [0.25, 0.3) is 11.1 Å². The number of nitrogens with one attached hydrogen (secondary N) is 3. The first-order valence-electron chi connectivity index (χ1n) is 15.2. The Morgan fingerprint density at radius 2 is 1.59 bits per heavy atom. The molecule has 0 heterocycles. The molecule has 2 amide bonds. The Bertz CT molecular complexity index is 1620. The lowest BCUT2D eigenvalue weighted by Gasteiger charge is -2.22. The molecule has 46 heavy (non-hydrogen) atoms. The number of ether oxygens (including phenoxy) is 5. The van der Waals surface area contributed by atoms with Gasteiger partial charge in [-0.25, -0.2) is 0 Å². The lowest BCUT2D eigenvalue weighted by Crippen LogP contribution is -2.44. The van der Waals surface area contributed by atoms with Gasteiger partial charge in [0.25, 0.3) is 0 Å². The summed E-state index contributed by atoms with van der Waals surface area (Å²) in [5.74, 6) is 1.95. The van der Waals surface area contributed by atoms with Gasteiger partial charge in [-0.2, -0.15) is 0 Å². The van der Waals surface area contributed by atoms with Gasteiger partial charge in [-0.15, -0.1) is 0 Å². The molecule has 0 aliphatic heterocycles. The van der Waals surface area contributed by atoms with Crippen LogP contribution in [-0.2, 0) is 16.0 Å². The highest BCUT2D eigenvalue weighted by molar-refractivity contribution is 5.86. The first kappa shape index (κ1) is 34.0. The Labute approximate surface area is 269 Å². The lowest BCUT2D eigenvalue weighted by atomic mass is 9.95. The van der Waals surface area contributed by atoms with Crippen LogP contribution < -0.4 is 45.1 Å². The second-order valence-electron chi connectivity index (χ2n) is 11.3. The van der Waals surface area contributed by atoms with Gasteiger partial charge in [0.1, 0.15) is 12.6 Å². The van der Waals surface area contributed by atoms with E-state index in [2.05, 4.69) is 16.0 Å². The topological polar surface area (TPSA) is 133 Å². The minimum Gasteiger partial charge on any atom is -0.493 e. The molecule has 0 unspecified atom stereocenters. The van der Waals surface area contributed by atoms with Gasteiger partial charge < -0.3 is 39.6 Å². The summed E-state index contributed by atoms with van der Waals surface area (Å²) >= 11 is 0. The van der Waals surface area contributed by atoms with E-state index in [0.29, 0.717) is 52.7 Å². The zero-order valence-electron chi connectivity index (χ0n) is 27.4. The first-order chi connectivity index (χ1) is 22.1. The minimum absolute atomic E-state index is 0.150. The van der Waals surface area contributed by atoms with E-state index in [1.54, 1.807) is 39.5 Å². The van der Waals surface area contributed by atoms with E-state index >= 15 is 0 Å². The number of hydrogen-bond acceptors (Lipinski definition) is 9. The quantitative estimate of drug-likeness (QED) is 0.233. The Balaban J connectivity index is 1.67. The number of carbonyl (C=O) groups is 2. The van der Waals surface area contributed by atoms with Crippen LogP contribution in [0.2, 0.25) is 0 Å². The van der Waals surface area contributed by atoms with Crippen molar-refractivity contribution in [1.82, 2.24) is 10.6 Å². The normalized spacial score (nSPS) is 14.1. The molecule has 2 atom stereocenters. The molecule has 3 N–H and O–H groups in total. The average molecular weight is 634 g/mol. The number of anilines is 1. The first-order valence-corrected chi connectivity index (χ1v) is 15.2. The summed E-state index contributed by atoms with van der Waals surface area (Å²) in [5.41, 5.74) is 2.93. The molecule has 3 aromatic carbocycles. The molecule has 0 aromatic heterocycles. The molecule has 0 saturated carbocycles. The molecule has 1 aliphatic rings. The molecule has 0 radical (unpaired) electrons. The van der Waals surface area contributed by atoms with Crippen molar-refractivity contribution in [2.45, 2.75) is 45.7 Å². The van der Waals surface area contributed by atoms with Crippen molar-refractivity contribution >= 4 is 17.5 Å². The molecule has 246 valence electrons. The van der Waals surface area contributed by atoms with Crippen molar-refractivity contribution in [3.63, 3.8) is 0 Å². The molecular formula is C35H43N3O8. The smallest absolute Gasteiger partial charge is 0.242 e. The molecule has 0 saturated heterocycles. The standard InChI is InChI=1S/C35H43N3O8/c1-20(2)32(35(41)36-16-17-46-29-11-9-8-10-28(29)42-4)38-26-15-13-23-24(19-27(26)40)25(37-21(3)39)14-12-22-18-30(43-5)33(44-6)34(45-7)31(22)23/h8-11,13,15,18-20,25,32H,12,14,16-17H2,1-7H3,(H,36,41)(H,37,39)(H,38,40)/t25-,32-/m0/s1. The highest BCUT2D eigenvalue weighted by Crippen LogP contribution is 2.50. The van der Waals surface area contributed by atoms with Crippen LogP contribution in [-0.4, -0.2) is 59.4 Å². The average Bonchev–Trinajstić information content (AvgIpc) is 3.28. The zero-order chi connectivity index (χ0) is 33.4. The van der Waals surface area contributed by atoms with Crippen molar-refractivity contribution in [3.05, 3.63) is 69.9 Å². The fraction of sp³-hybridized carbons (Fsp3) is 0.400. The van der Waals surface area contributed by atoms with Crippen LogP contribution in [0.5, 0.6) is 28.7 Å². The van der Waals surface area contributed by atoms with Crippen LogP contribution >= 0.6 is 0 Å². The third kappa shape index (κ3) is 7.47. The van der Waals surface area contributed by atoms with E-state index < -0.39 is 12.1 Å². The van der Waals surface area contributed by atoms with Gasteiger partial charge >= 0.3 is 0 Å². The van der Waals surface area contributed by atoms with Gasteiger partial charge in [0, 0.05) is 12.5 Å². The van der Waals surface area contributed by atoms with E-state index in [4.69, 9.17) is 23.7 Å². The number of para-hydroxylation sites is 2. The van der Waals surface area contributed by atoms with Gasteiger partial charge in [0.15, 0.2) is 23.0 Å². The largest absolute Gasteiger partial charge is 0.493 e. The molecule has 11 nitrogen and oxygen atoms in total. The predicted molar refractivity (Wildman–Crippen MR) is 176 cm³/mol.